The van der Waals surface area contributed by atoms with Crippen LogP contribution in [0.3, 0.4) is 0 Å². The third-order valence-corrected chi connectivity index (χ3v) is 5.87. The Morgan fingerprint density at radius 1 is 1.24 bits per heavy atom. The highest BCUT2D eigenvalue weighted by molar-refractivity contribution is 6.31. The van der Waals surface area contributed by atoms with E-state index in [1.165, 1.54) is 17.0 Å². The molecule has 3 aromatic rings. The normalized spacial score (nSPS) is 15.2. The summed E-state index contributed by atoms with van der Waals surface area (Å²) in [5.41, 5.74) is 6.74. The van der Waals surface area contributed by atoms with Crippen molar-refractivity contribution in [2.45, 2.75) is 25.4 Å². The summed E-state index contributed by atoms with van der Waals surface area (Å²) < 4.78 is 42.6. The van der Waals surface area contributed by atoms with Crippen LogP contribution >= 0.6 is 11.6 Å². The van der Waals surface area contributed by atoms with Gasteiger partial charge < -0.3 is 10.6 Å². The second-order valence-electron chi connectivity index (χ2n) is 7.74. The third-order valence-electron chi connectivity index (χ3n) is 5.58. The maximum Gasteiger partial charge on any atom is 0.262 e. The van der Waals surface area contributed by atoms with E-state index in [-0.39, 0.29) is 47.0 Å². The summed E-state index contributed by atoms with van der Waals surface area (Å²) in [6.07, 6.45) is -2.97. The van der Waals surface area contributed by atoms with Gasteiger partial charge in [-0.05, 0) is 23.8 Å². The first-order valence-electron chi connectivity index (χ1n) is 10.1. The number of carbonyl (C=O) groups is 2. The van der Waals surface area contributed by atoms with Gasteiger partial charge in [0.25, 0.3) is 12.3 Å². The first-order chi connectivity index (χ1) is 16.2. The van der Waals surface area contributed by atoms with Gasteiger partial charge in [-0.25, -0.2) is 18.0 Å². The number of halogens is 4. The summed E-state index contributed by atoms with van der Waals surface area (Å²) in [5, 5.41) is 3.97. The molecule has 1 aliphatic rings. The Kier molecular flexibility index (Phi) is 6.30. The Morgan fingerprint density at radius 2 is 1.94 bits per heavy atom. The molecule has 1 aromatic heterocycles. The number of primary amides is 1. The van der Waals surface area contributed by atoms with Gasteiger partial charge in [0.15, 0.2) is 5.69 Å². The Labute approximate surface area is 197 Å². The molecule has 4 rings (SSSR count). The van der Waals surface area contributed by atoms with Gasteiger partial charge in [0.1, 0.15) is 17.6 Å². The van der Waals surface area contributed by atoms with Crippen LogP contribution < -0.4 is 5.73 Å². The quantitative estimate of drug-likeness (QED) is 0.542. The number of fused-ring (bicyclic) bond motifs is 1. The predicted molar refractivity (Wildman–Crippen MR) is 118 cm³/mol. The molecule has 0 spiro atoms. The molecule has 0 fully saturated rings. The van der Waals surface area contributed by atoms with Crippen molar-refractivity contribution in [1.29, 1.82) is 0 Å². The average molecular weight is 488 g/mol. The summed E-state index contributed by atoms with van der Waals surface area (Å²) in [6, 6.07) is 8.47. The van der Waals surface area contributed by atoms with Crippen LogP contribution in [0.2, 0.25) is 5.02 Å². The molecule has 7 nitrogen and oxygen atoms in total. The van der Waals surface area contributed by atoms with Crippen molar-refractivity contribution in [3.63, 3.8) is 0 Å². The lowest BCUT2D eigenvalue weighted by Crippen LogP contribution is -2.44. The van der Waals surface area contributed by atoms with Gasteiger partial charge in [-0.1, -0.05) is 35.9 Å². The van der Waals surface area contributed by atoms with Crippen LogP contribution in [0.1, 0.15) is 27.7 Å². The highest BCUT2D eigenvalue weighted by Gasteiger charge is 2.38. The van der Waals surface area contributed by atoms with E-state index in [9.17, 15) is 22.8 Å². The molecule has 2 heterocycles. The summed E-state index contributed by atoms with van der Waals surface area (Å²) in [6.45, 7) is 6.51. The number of carbonyl (C=O) groups excluding carboxylic acids is 2. The zero-order valence-corrected chi connectivity index (χ0v) is 18.3. The highest BCUT2D eigenvalue weighted by Crippen LogP contribution is 2.35. The molecular formula is C23H17ClF3N5O2. The van der Waals surface area contributed by atoms with E-state index in [1.54, 1.807) is 24.3 Å². The monoisotopic (exact) mass is 487 g/mol. The number of benzene rings is 2. The number of hydrogen-bond donors (Lipinski definition) is 1. The number of nitrogens with two attached hydrogens (primary N) is 1. The molecule has 0 bridgehead atoms. The SMILES string of the molecule is [C-]#[N+]c1ccc(CC(=O)N2Cc3c(C(N)=O)c(-c4ccc(F)c(Cl)c4)nn3[C@@H](C(F)F)C2)cc1. The zero-order chi connectivity index (χ0) is 24.6. The lowest BCUT2D eigenvalue weighted by molar-refractivity contribution is -0.133. The molecule has 2 N–H and O–H groups in total. The van der Waals surface area contributed by atoms with E-state index >= 15 is 0 Å². The van der Waals surface area contributed by atoms with E-state index < -0.39 is 30.1 Å². The molecule has 11 heteroatoms. The Bertz CT molecular complexity index is 1320. The minimum Gasteiger partial charge on any atom is -0.365 e. The van der Waals surface area contributed by atoms with E-state index in [4.69, 9.17) is 23.9 Å². The molecule has 34 heavy (non-hydrogen) atoms. The predicted octanol–water partition coefficient (Wildman–Crippen LogP) is 4.38. The molecule has 0 radical (unpaired) electrons. The topological polar surface area (TPSA) is 85.6 Å². The van der Waals surface area contributed by atoms with Crippen LogP contribution in [-0.4, -0.2) is 39.5 Å². The Morgan fingerprint density at radius 3 is 2.53 bits per heavy atom. The molecule has 0 unspecified atom stereocenters. The number of alkyl halides is 2. The van der Waals surface area contributed by atoms with E-state index in [0.717, 1.165) is 10.7 Å². The number of aromatic nitrogens is 2. The zero-order valence-electron chi connectivity index (χ0n) is 17.5. The molecular weight excluding hydrogens is 471 g/mol. The molecule has 0 aliphatic carbocycles. The van der Waals surface area contributed by atoms with E-state index in [0.29, 0.717) is 11.3 Å². The van der Waals surface area contributed by atoms with Crippen LogP contribution in [0, 0.1) is 12.4 Å². The fourth-order valence-electron chi connectivity index (χ4n) is 3.90. The van der Waals surface area contributed by atoms with E-state index in [1.807, 2.05) is 0 Å². The van der Waals surface area contributed by atoms with Gasteiger partial charge in [-0.15, -0.1) is 0 Å². The molecule has 1 aliphatic heterocycles. The van der Waals surface area contributed by atoms with Crippen LogP contribution in [0.4, 0.5) is 18.9 Å². The number of rotatable bonds is 5. The Balaban J connectivity index is 1.72. The highest BCUT2D eigenvalue weighted by atomic mass is 35.5. The van der Waals surface area contributed by atoms with Gasteiger partial charge in [0.2, 0.25) is 5.91 Å². The van der Waals surface area contributed by atoms with Gasteiger partial charge in [0, 0.05) is 12.1 Å². The van der Waals surface area contributed by atoms with Crippen molar-refractivity contribution < 1.29 is 22.8 Å². The summed E-state index contributed by atoms with van der Waals surface area (Å²) in [7, 11) is 0. The fraction of sp³-hybridized carbons (Fsp3) is 0.217. The van der Waals surface area contributed by atoms with Gasteiger partial charge in [-0.2, -0.15) is 5.10 Å². The molecule has 1 atom stereocenters. The van der Waals surface area contributed by atoms with Crippen molar-refractivity contribution >= 4 is 29.1 Å². The minimum absolute atomic E-state index is 0.0147. The van der Waals surface area contributed by atoms with Crippen LogP contribution in [-0.2, 0) is 17.8 Å². The van der Waals surface area contributed by atoms with Crippen molar-refractivity contribution in [2.75, 3.05) is 6.54 Å². The van der Waals surface area contributed by atoms with Crippen molar-refractivity contribution in [1.82, 2.24) is 14.7 Å². The van der Waals surface area contributed by atoms with Crippen LogP contribution in [0.25, 0.3) is 16.1 Å². The largest absolute Gasteiger partial charge is 0.365 e. The average Bonchev–Trinajstić information content (AvgIpc) is 3.20. The summed E-state index contributed by atoms with van der Waals surface area (Å²) in [4.78, 5) is 29.8. The molecule has 0 saturated heterocycles. The van der Waals surface area contributed by atoms with Crippen molar-refractivity contribution in [2.24, 2.45) is 5.73 Å². The van der Waals surface area contributed by atoms with E-state index in [2.05, 4.69) is 9.94 Å². The second-order valence-corrected chi connectivity index (χ2v) is 8.15. The lowest BCUT2D eigenvalue weighted by Gasteiger charge is -2.34. The molecule has 2 amide bonds. The second kappa shape index (κ2) is 9.19. The van der Waals surface area contributed by atoms with Gasteiger partial charge in [0.05, 0.1) is 35.8 Å². The van der Waals surface area contributed by atoms with Crippen molar-refractivity contribution in [3.8, 4) is 11.3 Å². The summed E-state index contributed by atoms with van der Waals surface area (Å²) in [5.74, 6) is -2.05. The molecule has 2 aromatic carbocycles. The number of amides is 2. The van der Waals surface area contributed by atoms with Crippen molar-refractivity contribution in [3.05, 3.63) is 81.5 Å². The molecule has 0 saturated carbocycles. The molecule has 174 valence electrons. The first kappa shape index (κ1) is 23.3. The van der Waals surface area contributed by atoms with Gasteiger partial charge >= 0.3 is 0 Å². The minimum atomic E-state index is -2.89. The maximum atomic E-state index is 14.0. The maximum absolute atomic E-state index is 14.0. The standard InChI is InChI=1S/C23H17ClF3N5O2/c1-29-14-5-2-12(3-6-14)8-19(33)31-10-17-20(23(28)34)21(13-4-7-16(25)15(24)9-13)30-32(17)18(11-31)22(26)27/h2-7,9,18,22H,8,10-11H2,(H2,28,34)/t18-/m1/s1. The smallest absolute Gasteiger partial charge is 0.262 e. The Hall–Kier alpha value is -3.84. The number of hydrogen-bond acceptors (Lipinski definition) is 3. The first-order valence-corrected chi connectivity index (χ1v) is 10.5. The van der Waals surface area contributed by atoms with Crippen LogP contribution in [0.5, 0.6) is 0 Å². The number of nitrogens with zero attached hydrogens (tertiary/aromatic N) is 4. The summed E-state index contributed by atoms with van der Waals surface area (Å²) >= 11 is 5.85. The lowest BCUT2D eigenvalue weighted by atomic mass is 10.0. The fourth-order valence-corrected chi connectivity index (χ4v) is 4.08. The van der Waals surface area contributed by atoms with Crippen LogP contribution in [0.15, 0.2) is 42.5 Å². The third kappa shape index (κ3) is 4.34. The van der Waals surface area contributed by atoms with Gasteiger partial charge in [-0.3, -0.25) is 14.3 Å².